The number of amides is 1. The van der Waals surface area contributed by atoms with Crippen LogP contribution in [0.1, 0.15) is 24.5 Å². The van der Waals surface area contributed by atoms with Gasteiger partial charge in [-0.3, -0.25) is 4.79 Å². The van der Waals surface area contributed by atoms with Gasteiger partial charge in [0.05, 0.1) is 10.6 Å². The van der Waals surface area contributed by atoms with Gasteiger partial charge >= 0.3 is 5.76 Å². The highest BCUT2D eigenvalue weighted by Crippen LogP contribution is 2.26. The van der Waals surface area contributed by atoms with Gasteiger partial charge in [-0.1, -0.05) is 43.3 Å². The molecule has 0 aliphatic rings. The van der Waals surface area contributed by atoms with E-state index in [0.29, 0.717) is 6.42 Å². The van der Waals surface area contributed by atoms with E-state index in [1.165, 1.54) is 23.8 Å². The minimum absolute atomic E-state index is 0.120. The molecular weight excluding hydrogens is 348 g/mol. The van der Waals surface area contributed by atoms with E-state index in [-0.39, 0.29) is 12.1 Å². The number of para-hydroxylation sites is 1. The van der Waals surface area contributed by atoms with Crippen molar-refractivity contribution in [3.05, 3.63) is 59.7 Å². The summed E-state index contributed by atoms with van der Waals surface area (Å²) in [5.74, 6) is -3.97. The summed E-state index contributed by atoms with van der Waals surface area (Å²) in [5, 5.41) is 2.41. The number of carbonyl (C=O) groups excluding carboxylic acids is 1. The largest absolute Gasteiger partial charge is 0.341 e. The smallest absolute Gasteiger partial charge is 0.325 e. The van der Waals surface area contributed by atoms with Crippen molar-refractivity contribution in [1.82, 2.24) is 0 Å². The van der Waals surface area contributed by atoms with Crippen LogP contribution in [0, 0.1) is 0 Å². The first-order chi connectivity index (χ1) is 11.8. The maximum atomic E-state index is 12.7. The van der Waals surface area contributed by atoms with Crippen LogP contribution in [-0.4, -0.2) is 20.1 Å². The molecule has 134 valence electrons. The first-order valence-corrected chi connectivity index (χ1v) is 9.38. The first-order valence-electron chi connectivity index (χ1n) is 7.83. The topological polar surface area (TPSA) is 63.2 Å². The number of hydrogen-bond acceptors (Lipinski definition) is 3. The lowest BCUT2D eigenvalue weighted by Crippen LogP contribution is -2.18. The Kier molecular flexibility index (Phi) is 6.25. The van der Waals surface area contributed by atoms with E-state index in [1.807, 2.05) is 31.2 Å². The SMILES string of the molecule is CCc1ccc(CCC(=O)Nc2ccccc2S(=O)(=O)C(F)F)cc1. The minimum Gasteiger partial charge on any atom is -0.325 e. The Balaban J connectivity index is 2.06. The zero-order valence-corrected chi connectivity index (χ0v) is 14.5. The van der Waals surface area contributed by atoms with Crippen molar-refractivity contribution in [1.29, 1.82) is 0 Å². The van der Waals surface area contributed by atoms with Crippen LogP contribution in [0.5, 0.6) is 0 Å². The van der Waals surface area contributed by atoms with Gasteiger partial charge in [-0.05, 0) is 36.1 Å². The molecule has 0 aromatic heterocycles. The second kappa shape index (κ2) is 8.20. The quantitative estimate of drug-likeness (QED) is 0.809. The number of hydrogen-bond donors (Lipinski definition) is 1. The third-order valence-corrected chi connectivity index (χ3v) is 5.21. The summed E-state index contributed by atoms with van der Waals surface area (Å²) in [6.07, 6.45) is 1.52. The van der Waals surface area contributed by atoms with Crippen molar-refractivity contribution in [2.45, 2.75) is 36.8 Å². The Hall–Kier alpha value is -2.28. The lowest BCUT2D eigenvalue weighted by atomic mass is 10.1. The van der Waals surface area contributed by atoms with Crippen molar-refractivity contribution >= 4 is 21.4 Å². The van der Waals surface area contributed by atoms with E-state index in [4.69, 9.17) is 0 Å². The fourth-order valence-electron chi connectivity index (χ4n) is 2.33. The number of halogens is 2. The van der Waals surface area contributed by atoms with E-state index in [0.717, 1.165) is 18.1 Å². The normalized spacial score (nSPS) is 11.5. The van der Waals surface area contributed by atoms with Crippen LogP contribution in [0.25, 0.3) is 0 Å². The van der Waals surface area contributed by atoms with Crippen molar-refractivity contribution in [3.8, 4) is 0 Å². The molecule has 0 unspecified atom stereocenters. The molecule has 1 amide bonds. The summed E-state index contributed by atoms with van der Waals surface area (Å²) < 4.78 is 48.8. The van der Waals surface area contributed by atoms with Gasteiger partial charge in [0.25, 0.3) is 0 Å². The van der Waals surface area contributed by atoms with Gasteiger partial charge in [0, 0.05) is 6.42 Å². The summed E-state index contributed by atoms with van der Waals surface area (Å²) in [6.45, 7) is 2.05. The molecule has 25 heavy (non-hydrogen) atoms. The maximum absolute atomic E-state index is 12.7. The van der Waals surface area contributed by atoms with Crippen molar-refractivity contribution in [2.75, 3.05) is 5.32 Å². The fourth-order valence-corrected chi connectivity index (χ4v) is 3.21. The van der Waals surface area contributed by atoms with Gasteiger partial charge in [0.1, 0.15) is 0 Å². The molecule has 0 saturated carbocycles. The standard InChI is InChI=1S/C18H19F2NO3S/c1-2-13-7-9-14(10-8-13)11-12-17(22)21-15-5-3-4-6-16(15)25(23,24)18(19)20/h3-10,18H,2,11-12H2,1H3,(H,21,22). The molecule has 0 aliphatic heterocycles. The summed E-state index contributed by atoms with van der Waals surface area (Å²) >= 11 is 0. The highest BCUT2D eigenvalue weighted by Gasteiger charge is 2.29. The van der Waals surface area contributed by atoms with E-state index in [2.05, 4.69) is 5.32 Å². The second-order valence-corrected chi connectivity index (χ2v) is 7.41. The second-order valence-electron chi connectivity index (χ2n) is 5.52. The summed E-state index contributed by atoms with van der Waals surface area (Å²) in [6, 6.07) is 13.0. The van der Waals surface area contributed by atoms with Crippen LogP contribution in [0.3, 0.4) is 0 Å². The number of benzene rings is 2. The molecule has 2 aromatic rings. The van der Waals surface area contributed by atoms with Crippen LogP contribution >= 0.6 is 0 Å². The molecule has 0 aliphatic carbocycles. The van der Waals surface area contributed by atoms with E-state index in [9.17, 15) is 22.0 Å². The third-order valence-electron chi connectivity index (χ3n) is 3.77. The molecular formula is C18H19F2NO3S. The number of sulfone groups is 1. The predicted molar refractivity (Wildman–Crippen MR) is 92.4 cm³/mol. The van der Waals surface area contributed by atoms with Gasteiger partial charge in [-0.2, -0.15) is 8.78 Å². The Morgan fingerprint density at radius 2 is 1.64 bits per heavy atom. The van der Waals surface area contributed by atoms with Gasteiger partial charge in [-0.25, -0.2) is 8.42 Å². The zero-order chi connectivity index (χ0) is 18.4. The van der Waals surface area contributed by atoms with E-state index < -0.39 is 26.4 Å². The molecule has 0 heterocycles. The average molecular weight is 367 g/mol. The van der Waals surface area contributed by atoms with Gasteiger partial charge in [-0.15, -0.1) is 0 Å². The van der Waals surface area contributed by atoms with Gasteiger partial charge in [0.15, 0.2) is 0 Å². The average Bonchev–Trinajstić information content (AvgIpc) is 2.60. The molecule has 0 fully saturated rings. The van der Waals surface area contributed by atoms with Crippen LogP contribution in [0.2, 0.25) is 0 Å². The molecule has 4 nitrogen and oxygen atoms in total. The molecule has 0 spiro atoms. The molecule has 0 radical (unpaired) electrons. The Morgan fingerprint density at radius 3 is 2.24 bits per heavy atom. The molecule has 0 bridgehead atoms. The van der Waals surface area contributed by atoms with Crippen molar-refractivity contribution in [3.63, 3.8) is 0 Å². The number of alkyl halides is 2. The van der Waals surface area contributed by atoms with Crippen molar-refractivity contribution < 1.29 is 22.0 Å². The lowest BCUT2D eigenvalue weighted by molar-refractivity contribution is -0.116. The van der Waals surface area contributed by atoms with E-state index in [1.54, 1.807) is 0 Å². The van der Waals surface area contributed by atoms with Gasteiger partial charge < -0.3 is 5.32 Å². The van der Waals surface area contributed by atoms with E-state index >= 15 is 0 Å². The summed E-state index contributed by atoms with van der Waals surface area (Å²) in [4.78, 5) is 11.5. The summed E-state index contributed by atoms with van der Waals surface area (Å²) in [5.41, 5.74) is 2.04. The molecule has 0 saturated heterocycles. The zero-order valence-electron chi connectivity index (χ0n) is 13.7. The highest BCUT2D eigenvalue weighted by molar-refractivity contribution is 7.91. The molecule has 1 N–H and O–H groups in total. The molecule has 0 atom stereocenters. The number of carbonyl (C=O) groups is 1. The number of anilines is 1. The van der Waals surface area contributed by atoms with Crippen LogP contribution in [0.4, 0.5) is 14.5 Å². The lowest BCUT2D eigenvalue weighted by Gasteiger charge is -2.11. The number of nitrogens with one attached hydrogen (secondary N) is 1. The minimum atomic E-state index is -4.78. The van der Waals surface area contributed by atoms with Crippen LogP contribution < -0.4 is 5.32 Å². The Morgan fingerprint density at radius 1 is 1.04 bits per heavy atom. The molecule has 2 aromatic carbocycles. The number of aryl methyl sites for hydroxylation is 2. The predicted octanol–water partition coefficient (Wildman–Crippen LogP) is 3.82. The van der Waals surface area contributed by atoms with Crippen LogP contribution in [0.15, 0.2) is 53.4 Å². The Labute approximate surface area is 145 Å². The molecule has 2 rings (SSSR count). The third kappa shape index (κ3) is 4.85. The maximum Gasteiger partial charge on any atom is 0.341 e. The van der Waals surface area contributed by atoms with Crippen molar-refractivity contribution in [2.24, 2.45) is 0 Å². The Bertz CT molecular complexity index is 834. The first kappa shape index (κ1) is 19.1. The highest BCUT2D eigenvalue weighted by atomic mass is 32.2. The number of rotatable bonds is 7. The fraction of sp³-hybridized carbons (Fsp3) is 0.278. The van der Waals surface area contributed by atoms with Gasteiger partial charge in [0.2, 0.25) is 15.7 Å². The monoisotopic (exact) mass is 367 g/mol. The summed E-state index contributed by atoms with van der Waals surface area (Å²) in [7, 11) is -4.78. The molecule has 7 heteroatoms. The van der Waals surface area contributed by atoms with Crippen LogP contribution in [-0.2, 0) is 27.5 Å².